The van der Waals surface area contributed by atoms with Crippen molar-refractivity contribution >= 4 is 5.91 Å². The highest BCUT2D eigenvalue weighted by Gasteiger charge is 2.22. The molecule has 1 fully saturated rings. The third-order valence-electron chi connectivity index (χ3n) is 3.28. The molecule has 94 valence electrons. The highest BCUT2D eigenvalue weighted by molar-refractivity contribution is 5.80. The van der Waals surface area contributed by atoms with Crippen LogP contribution in [0.4, 0.5) is 0 Å². The predicted molar refractivity (Wildman–Crippen MR) is 65.4 cm³/mol. The van der Waals surface area contributed by atoms with Gasteiger partial charge in [-0.25, -0.2) is 0 Å². The van der Waals surface area contributed by atoms with Crippen LogP contribution in [0.2, 0.25) is 0 Å². The van der Waals surface area contributed by atoms with Gasteiger partial charge in [-0.05, 0) is 21.0 Å². The smallest absolute Gasteiger partial charge is 0.236 e. The molecular formula is C11H24N4O. The van der Waals surface area contributed by atoms with Gasteiger partial charge in [-0.3, -0.25) is 9.69 Å². The molecule has 5 heteroatoms. The number of hydrogen-bond acceptors (Lipinski definition) is 4. The summed E-state index contributed by atoms with van der Waals surface area (Å²) < 4.78 is 0. The summed E-state index contributed by atoms with van der Waals surface area (Å²) in [5, 5.41) is 5.92. The van der Waals surface area contributed by atoms with Crippen molar-refractivity contribution in [1.82, 2.24) is 20.4 Å². The molecule has 2 atom stereocenters. The molecule has 0 aliphatic carbocycles. The number of nitrogens with one attached hydrogen (secondary N) is 2. The van der Waals surface area contributed by atoms with E-state index in [1.54, 1.807) is 7.05 Å². The lowest BCUT2D eigenvalue weighted by Gasteiger charge is -2.38. The Kier molecular flexibility index (Phi) is 5.18. The lowest BCUT2D eigenvalue weighted by atomic mass is 10.1. The van der Waals surface area contributed by atoms with Crippen LogP contribution >= 0.6 is 0 Å². The summed E-state index contributed by atoms with van der Waals surface area (Å²) in [5.41, 5.74) is 0. The van der Waals surface area contributed by atoms with E-state index in [2.05, 4.69) is 34.5 Å². The Bertz CT molecular complexity index is 234. The van der Waals surface area contributed by atoms with Crippen LogP contribution in [0, 0.1) is 0 Å². The van der Waals surface area contributed by atoms with E-state index >= 15 is 0 Å². The van der Waals surface area contributed by atoms with Gasteiger partial charge in [-0.2, -0.15) is 0 Å². The summed E-state index contributed by atoms with van der Waals surface area (Å²) >= 11 is 0. The molecular weight excluding hydrogens is 204 g/mol. The maximum absolute atomic E-state index is 11.3. The molecule has 0 radical (unpaired) electrons. The van der Waals surface area contributed by atoms with Gasteiger partial charge in [0.2, 0.25) is 5.91 Å². The SMILES string of the molecule is CNC(=O)C(C)NCC1CN(C)CCN1C. The monoisotopic (exact) mass is 228 g/mol. The molecule has 1 saturated heterocycles. The zero-order valence-corrected chi connectivity index (χ0v) is 10.8. The molecule has 0 saturated carbocycles. The first-order chi connectivity index (χ1) is 7.54. The molecule has 2 unspecified atom stereocenters. The van der Waals surface area contributed by atoms with E-state index in [9.17, 15) is 4.79 Å². The van der Waals surface area contributed by atoms with Gasteiger partial charge in [0.1, 0.15) is 0 Å². The van der Waals surface area contributed by atoms with Crippen molar-refractivity contribution in [3.8, 4) is 0 Å². The Morgan fingerprint density at radius 3 is 2.75 bits per heavy atom. The zero-order chi connectivity index (χ0) is 12.1. The standard InChI is InChI=1S/C11H24N4O/c1-9(11(16)12-2)13-7-10-8-14(3)5-6-15(10)4/h9-10,13H,5-8H2,1-4H3,(H,12,16). The van der Waals surface area contributed by atoms with E-state index in [4.69, 9.17) is 0 Å². The molecule has 1 amide bonds. The lowest BCUT2D eigenvalue weighted by Crippen LogP contribution is -2.55. The van der Waals surface area contributed by atoms with Gasteiger partial charge < -0.3 is 15.5 Å². The molecule has 1 aliphatic heterocycles. The summed E-state index contributed by atoms with van der Waals surface area (Å²) in [6, 6.07) is 0.372. The minimum atomic E-state index is -0.120. The first kappa shape index (κ1) is 13.4. The van der Waals surface area contributed by atoms with Gasteiger partial charge in [-0.1, -0.05) is 0 Å². The summed E-state index contributed by atoms with van der Waals surface area (Å²) in [7, 11) is 5.95. The largest absolute Gasteiger partial charge is 0.358 e. The molecule has 2 N–H and O–H groups in total. The summed E-state index contributed by atoms with van der Waals surface area (Å²) in [6.45, 7) is 6.03. The van der Waals surface area contributed by atoms with Crippen molar-refractivity contribution < 1.29 is 4.79 Å². The Morgan fingerprint density at radius 1 is 1.44 bits per heavy atom. The van der Waals surface area contributed by atoms with Crippen LogP contribution in [0.1, 0.15) is 6.92 Å². The first-order valence-corrected chi connectivity index (χ1v) is 5.88. The number of nitrogens with zero attached hydrogens (tertiary/aromatic N) is 2. The Hall–Kier alpha value is -0.650. The van der Waals surface area contributed by atoms with Crippen LogP contribution in [0.25, 0.3) is 0 Å². The number of carbonyl (C=O) groups is 1. The van der Waals surface area contributed by atoms with Gasteiger partial charge >= 0.3 is 0 Å². The molecule has 0 spiro atoms. The van der Waals surface area contributed by atoms with Gasteiger partial charge in [0.25, 0.3) is 0 Å². The van der Waals surface area contributed by atoms with Crippen LogP contribution in [0.15, 0.2) is 0 Å². The number of hydrogen-bond donors (Lipinski definition) is 2. The van der Waals surface area contributed by atoms with Crippen molar-refractivity contribution in [2.75, 3.05) is 47.3 Å². The predicted octanol–water partition coefficient (Wildman–Crippen LogP) is -1.04. The normalized spacial score (nSPS) is 25.4. The number of likely N-dealkylation sites (N-methyl/N-ethyl adjacent to an activating group) is 3. The number of piperazine rings is 1. The van der Waals surface area contributed by atoms with Gasteiger partial charge in [0, 0.05) is 39.3 Å². The number of amides is 1. The van der Waals surface area contributed by atoms with Crippen molar-refractivity contribution in [3.63, 3.8) is 0 Å². The molecule has 0 aromatic carbocycles. The molecule has 0 aromatic rings. The summed E-state index contributed by atoms with van der Waals surface area (Å²) in [6.07, 6.45) is 0. The van der Waals surface area contributed by atoms with Crippen molar-refractivity contribution in [2.24, 2.45) is 0 Å². The molecule has 1 rings (SSSR count). The third-order valence-corrected chi connectivity index (χ3v) is 3.28. The number of rotatable bonds is 4. The Balaban J connectivity index is 2.33. The first-order valence-electron chi connectivity index (χ1n) is 5.88. The van der Waals surface area contributed by atoms with Crippen LogP contribution in [0.5, 0.6) is 0 Å². The second-order valence-corrected chi connectivity index (χ2v) is 4.64. The molecule has 0 aromatic heterocycles. The van der Waals surface area contributed by atoms with Crippen molar-refractivity contribution in [1.29, 1.82) is 0 Å². The van der Waals surface area contributed by atoms with Crippen LogP contribution in [-0.4, -0.2) is 75.1 Å². The molecule has 1 heterocycles. The second kappa shape index (κ2) is 6.18. The highest BCUT2D eigenvalue weighted by atomic mass is 16.2. The minimum absolute atomic E-state index is 0.0480. The van der Waals surface area contributed by atoms with Crippen LogP contribution in [-0.2, 0) is 4.79 Å². The maximum Gasteiger partial charge on any atom is 0.236 e. The highest BCUT2D eigenvalue weighted by Crippen LogP contribution is 2.04. The average molecular weight is 228 g/mol. The van der Waals surface area contributed by atoms with Gasteiger partial charge in [-0.15, -0.1) is 0 Å². The number of carbonyl (C=O) groups excluding carboxylic acids is 1. The molecule has 1 aliphatic rings. The quantitative estimate of drug-likeness (QED) is 0.645. The summed E-state index contributed by atoms with van der Waals surface area (Å²) in [4.78, 5) is 16.0. The fourth-order valence-electron chi connectivity index (χ4n) is 1.94. The molecule has 0 bridgehead atoms. The zero-order valence-electron chi connectivity index (χ0n) is 10.8. The topological polar surface area (TPSA) is 47.6 Å². The fraction of sp³-hybridized carbons (Fsp3) is 0.909. The van der Waals surface area contributed by atoms with E-state index < -0.39 is 0 Å². The van der Waals surface area contributed by atoms with Crippen LogP contribution in [0.3, 0.4) is 0 Å². The van der Waals surface area contributed by atoms with E-state index in [1.165, 1.54) is 0 Å². The Labute approximate surface area is 98.2 Å². The molecule has 16 heavy (non-hydrogen) atoms. The average Bonchev–Trinajstić information content (AvgIpc) is 2.28. The van der Waals surface area contributed by atoms with E-state index in [0.717, 1.165) is 26.2 Å². The fourth-order valence-corrected chi connectivity index (χ4v) is 1.94. The van der Waals surface area contributed by atoms with E-state index in [0.29, 0.717) is 6.04 Å². The summed E-state index contributed by atoms with van der Waals surface area (Å²) in [5.74, 6) is 0.0480. The van der Waals surface area contributed by atoms with E-state index in [-0.39, 0.29) is 11.9 Å². The van der Waals surface area contributed by atoms with Crippen molar-refractivity contribution in [3.05, 3.63) is 0 Å². The lowest BCUT2D eigenvalue weighted by molar-refractivity contribution is -0.122. The third kappa shape index (κ3) is 3.73. The maximum atomic E-state index is 11.3. The van der Waals surface area contributed by atoms with Gasteiger partial charge in [0.15, 0.2) is 0 Å². The Morgan fingerprint density at radius 2 is 2.12 bits per heavy atom. The minimum Gasteiger partial charge on any atom is -0.358 e. The van der Waals surface area contributed by atoms with Crippen LogP contribution < -0.4 is 10.6 Å². The van der Waals surface area contributed by atoms with E-state index in [1.807, 2.05) is 6.92 Å². The molecule has 5 nitrogen and oxygen atoms in total. The van der Waals surface area contributed by atoms with Gasteiger partial charge in [0.05, 0.1) is 6.04 Å². The second-order valence-electron chi connectivity index (χ2n) is 4.64. The van der Waals surface area contributed by atoms with Crippen molar-refractivity contribution in [2.45, 2.75) is 19.0 Å².